The van der Waals surface area contributed by atoms with E-state index in [0.29, 0.717) is 0 Å². The van der Waals surface area contributed by atoms with Gasteiger partial charge in [0.25, 0.3) is 0 Å². The lowest BCUT2D eigenvalue weighted by Crippen LogP contribution is -2.58. The zero-order valence-corrected chi connectivity index (χ0v) is 20.6. The Bertz CT molecular complexity index is 1130. The fourth-order valence-electron chi connectivity index (χ4n) is 3.73. The number of carboxylic acid groups (broad SMARTS) is 2. The van der Waals surface area contributed by atoms with Gasteiger partial charge in [-0.15, -0.1) is 0 Å². The minimum Gasteiger partial charge on any atom is -0.481 e. The van der Waals surface area contributed by atoms with E-state index in [2.05, 4.69) is 20.9 Å². The van der Waals surface area contributed by atoms with Gasteiger partial charge in [0.1, 0.15) is 18.1 Å². The van der Waals surface area contributed by atoms with Gasteiger partial charge in [-0.2, -0.15) is 0 Å². The number of nitrogens with two attached hydrogens (primary N) is 1. The Labute approximate surface area is 212 Å². The highest BCUT2D eigenvalue weighted by Gasteiger charge is 2.31. The van der Waals surface area contributed by atoms with Crippen LogP contribution in [0.1, 0.15) is 32.3 Å². The zero-order chi connectivity index (χ0) is 27.7. The molecular weight excluding hydrogens is 486 g/mol. The number of aromatic amines is 1. The molecule has 37 heavy (non-hydrogen) atoms. The van der Waals surface area contributed by atoms with Crippen LogP contribution in [0.15, 0.2) is 30.5 Å². The Morgan fingerprint density at radius 2 is 1.51 bits per heavy atom. The van der Waals surface area contributed by atoms with Gasteiger partial charge >= 0.3 is 11.9 Å². The van der Waals surface area contributed by atoms with Crippen molar-refractivity contribution in [2.75, 3.05) is 6.61 Å². The van der Waals surface area contributed by atoms with Crippen LogP contribution in [-0.2, 0) is 30.4 Å². The maximum atomic E-state index is 12.8. The van der Waals surface area contributed by atoms with Crippen LogP contribution in [0.25, 0.3) is 10.9 Å². The first kappa shape index (κ1) is 29.3. The minimum absolute atomic E-state index is 0.0865. The first-order valence-electron chi connectivity index (χ1n) is 11.7. The standard InChI is InChI=1S/C24H33N5O8/c1-12(2)7-17(22(34)28-18(24(36)37)9-20(31)32)27-23(35)19(11-30)29-21(33)15(25)8-13-10-26-16-6-4-3-5-14(13)16/h3-6,10,12,15,17-19,26,30H,7-9,11,25H2,1-2H3,(H,27,35)(H,28,34)(H,29,33)(H,31,32)(H,36,37). The lowest BCUT2D eigenvalue weighted by Gasteiger charge is -2.25. The number of aliphatic hydroxyl groups is 1. The van der Waals surface area contributed by atoms with Crippen molar-refractivity contribution in [3.05, 3.63) is 36.0 Å². The summed E-state index contributed by atoms with van der Waals surface area (Å²) in [4.78, 5) is 63.4. The van der Waals surface area contributed by atoms with Crippen LogP contribution >= 0.6 is 0 Å². The number of aliphatic carboxylic acids is 2. The molecule has 13 heteroatoms. The fraction of sp³-hybridized carbons (Fsp3) is 0.458. The van der Waals surface area contributed by atoms with Gasteiger partial charge in [-0.3, -0.25) is 19.2 Å². The predicted molar refractivity (Wildman–Crippen MR) is 132 cm³/mol. The van der Waals surface area contributed by atoms with Crippen LogP contribution < -0.4 is 21.7 Å². The Morgan fingerprint density at radius 1 is 0.919 bits per heavy atom. The van der Waals surface area contributed by atoms with Crippen LogP contribution in [-0.4, -0.2) is 80.7 Å². The van der Waals surface area contributed by atoms with E-state index in [-0.39, 0.29) is 18.8 Å². The molecule has 13 nitrogen and oxygen atoms in total. The lowest BCUT2D eigenvalue weighted by atomic mass is 10.0. The molecule has 202 valence electrons. The second-order valence-electron chi connectivity index (χ2n) is 9.10. The fourth-order valence-corrected chi connectivity index (χ4v) is 3.73. The first-order valence-corrected chi connectivity index (χ1v) is 11.7. The molecule has 3 amide bonds. The molecule has 4 atom stereocenters. The van der Waals surface area contributed by atoms with Crippen LogP contribution in [0.5, 0.6) is 0 Å². The van der Waals surface area contributed by atoms with E-state index < -0.39 is 66.9 Å². The summed E-state index contributed by atoms with van der Waals surface area (Å²) in [5, 5.41) is 35.5. The maximum absolute atomic E-state index is 12.8. The quantitative estimate of drug-likeness (QED) is 0.154. The predicted octanol–water partition coefficient (Wildman–Crippen LogP) is -0.910. The number of carbonyl (C=O) groups is 5. The third-order valence-electron chi connectivity index (χ3n) is 5.60. The van der Waals surface area contributed by atoms with Gasteiger partial charge in [-0.25, -0.2) is 4.79 Å². The minimum atomic E-state index is -1.70. The molecule has 0 aliphatic heterocycles. The summed E-state index contributed by atoms with van der Waals surface area (Å²) in [5.74, 6) is -5.59. The third-order valence-corrected chi connectivity index (χ3v) is 5.60. The topological polar surface area (TPSA) is 224 Å². The first-order chi connectivity index (χ1) is 17.4. The average Bonchev–Trinajstić information content (AvgIpc) is 3.23. The van der Waals surface area contributed by atoms with E-state index in [1.54, 1.807) is 20.0 Å². The summed E-state index contributed by atoms with van der Waals surface area (Å²) < 4.78 is 0. The maximum Gasteiger partial charge on any atom is 0.326 e. The molecule has 1 heterocycles. The van der Waals surface area contributed by atoms with E-state index >= 15 is 0 Å². The number of aliphatic hydroxyl groups excluding tert-OH is 1. The lowest BCUT2D eigenvalue weighted by molar-refractivity contribution is -0.147. The second-order valence-corrected chi connectivity index (χ2v) is 9.10. The van der Waals surface area contributed by atoms with Gasteiger partial charge in [0, 0.05) is 17.1 Å². The Hall–Kier alpha value is -3.97. The molecule has 0 bridgehead atoms. The molecule has 0 radical (unpaired) electrons. The van der Waals surface area contributed by atoms with Gasteiger partial charge in [0.15, 0.2) is 0 Å². The molecule has 1 aromatic heterocycles. The number of rotatable bonds is 14. The number of H-pyrrole nitrogens is 1. The molecule has 0 aliphatic carbocycles. The number of para-hydroxylation sites is 1. The SMILES string of the molecule is CC(C)CC(NC(=O)C(CO)NC(=O)C(N)Cc1c[nH]c2ccccc12)C(=O)NC(CC(=O)O)C(=O)O. The molecule has 0 saturated carbocycles. The summed E-state index contributed by atoms with van der Waals surface area (Å²) in [6, 6.07) is 2.05. The Kier molecular flexibility index (Phi) is 10.6. The number of carbonyl (C=O) groups excluding carboxylic acids is 3. The summed E-state index contributed by atoms with van der Waals surface area (Å²) in [5.41, 5.74) is 7.71. The molecule has 2 aromatic rings. The van der Waals surface area contributed by atoms with Gasteiger partial charge in [0.05, 0.1) is 19.1 Å². The van der Waals surface area contributed by atoms with E-state index in [1.165, 1.54) is 0 Å². The van der Waals surface area contributed by atoms with Gasteiger partial charge < -0.3 is 42.0 Å². The van der Waals surface area contributed by atoms with Gasteiger partial charge in [0.2, 0.25) is 17.7 Å². The molecule has 1 aromatic carbocycles. The van der Waals surface area contributed by atoms with Crippen molar-refractivity contribution in [3.8, 4) is 0 Å². The number of fused-ring (bicyclic) bond motifs is 1. The van der Waals surface area contributed by atoms with E-state index in [1.807, 2.05) is 24.3 Å². The number of hydrogen-bond donors (Lipinski definition) is 8. The molecular formula is C24H33N5O8. The molecule has 0 fully saturated rings. The van der Waals surface area contributed by atoms with Crippen LogP contribution in [0.4, 0.5) is 0 Å². The Balaban J connectivity index is 2.05. The van der Waals surface area contributed by atoms with Crippen molar-refractivity contribution >= 4 is 40.6 Å². The summed E-state index contributed by atoms with van der Waals surface area (Å²) in [6.45, 7) is 2.73. The monoisotopic (exact) mass is 519 g/mol. The Morgan fingerprint density at radius 3 is 2.11 bits per heavy atom. The number of amides is 3. The highest BCUT2D eigenvalue weighted by atomic mass is 16.4. The number of hydrogen-bond acceptors (Lipinski definition) is 7. The van der Waals surface area contributed by atoms with Crippen molar-refractivity contribution in [1.29, 1.82) is 0 Å². The van der Waals surface area contributed by atoms with Crippen molar-refractivity contribution in [2.45, 2.75) is 57.3 Å². The molecule has 9 N–H and O–H groups in total. The van der Waals surface area contributed by atoms with Crippen LogP contribution in [0.3, 0.4) is 0 Å². The highest BCUT2D eigenvalue weighted by molar-refractivity contribution is 5.95. The van der Waals surface area contributed by atoms with E-state index in [4.69, 9.17) is 10.8 Å². The average molecular weight is 520 g/mol. The van der Waals surface area contributed by atoms with Crippen LogP contribution in [0.2, 0.25) is 0 Å². The third kappa shape index (κ3) is 8.58. The smallest absolute Gasteiger partial charge is 0.326 e. The number of nitrogens with one attached hydrogen (secondary N) is 4. The highest BCUT2D eigenvalue weighted by Crippen LogP contribution is 2.18. The van der Waals surface area contributed by atoms with Crippen molar-refractivity contribution in [3.63, 3.8) is 0 Å². The largest absolute Gasteiger partial charge is 0.481 e. The van der Waals surface area contributed by atoms with Crippen molar-refractivity contribution in [1.82, 2.24) is 20.9 Å². The normalized spacial score (nSPS) is 14.4. The molecule has 4 unspecified atom stereocenters. The number of carboxylic acids is 2. The van der Waals surface area contributed by atoms with Crippen LogP contribution in [0, 0.1) is 5.92 Å². The molecule has 0 spiro atoms. The molecule has 0 aliphatic rings. The summed E-state index contributed by atoms with van der Waals surface area (Å²) in [7, 11) is 0. The van der Waals surface area contributed by atoms with Crippen molar-refractivity contribution in [2.24, 2.45) is 11.7 Å². The van der Waals surface area contributed by atoms with E-state index in [0.717, 1.165) is 16.5 Å². The van der Waals surface area contributed by atoms with E-state index in [9.17, 15) is 34.2 Å². The summed E-state index contributed by atoms with van der Waals surface area (Å²) in [6.07, 6.45) is 1.13. The molecule has 0 saturated heterocycles. The molecule has 2 rings (SSSR count). The van der Waals surface area contributed by atoms with Crippen molar-refractivity contribution < 1.29 is 39.3 Å². The van der Waals surface area contributed by atoms with Gasteiger partial charge in [-0.05, 0) is 30.4 Å². The number of aromatic nitrogens is 1. The second kappa shape index (κ2) is 13.4. The van der Waals surface area contributed by atoms with Gasteiger partial charge in [-0.1, -0.05) is 32.0 Å². The summed E-state index contributed by atoms with van der Waals surface area (Å²) >= 11 is 0. The number of benzene rings is 1. The zero-order valence-electron chi connectivity index (χ0n) is 20.6.